The Morgan fingerprint density at radius 2 is 1.79 bits per heavy atom. The van der Waals surface area contributed by atoms with Crippen LogP contribution in [0.15, 0.2) is 83.8 Å². The van der Waals surface area contributed by atoms with E-state index < -0.39 is 0 Å². The van der Waals surface area contributed by atoms with Crippen LogP contribution < -0.4 is 5.32 Å². The number of carbonyl (C=O) groups excluding carboxylic acids is 1. The van der Waals surface area contributed by atoms with Gasteiger partial charge in [0.25, 0.3) is 5.91 Å². The summed E-state index contributed by atoms with van der Waals surface area (Å²) in [6.45, 7) is 1.92. The van der Waals surface area contributed by atoms with Crippen molar-refractivity contribution >= 4 is 28.7 Å². The SMILES string of the molecule is CC(NC(=O)c1ccccc1SCc1nnnn1-c1ccccc1)c1nc2ccccc2[nH]1. The Hall–Kier alpha value is -3.98. The molecule has 8 nitrogen and oxygen atoms in total. The van der Waals surface area contributed by atoms with E-state index in [1.807, 2.05) is 85.8 Å². The van der Waals surface area contributed by atoms with Gasteiger partial charge in [0.2, 0.25) is 0 Å². The molecule has 1 atom stereocenters. The number of aromatic nitrogens is 6. The van der Waals surface area contributed by atoms with Crippen LogP contribution in [0, 0.1) is 0 Å². The summed E-state index contributed by atoms with van der Waals surface area (Å²) >= 11 is 1.52. The number of rotatable bonds is 7. The Balaban J connectivity index is 1.31. The van der Waals surface area contributed by atoms with Crippen LogP contribution in [0.2, 0.25) is 0 Å². The van der Waals surface area contributed by atoms with Gasteiger partial charge in [0.15, 0.2) is 5.82 Å². The molecule has 0 fully saturated rings. The lowest BCUT2D eigenvalue weighted by atomic mass is 10.2. The van der Waals surface area contributed by atoms with Crippen molar-refractivity contribution in [3.63, 3.8) is 0 Å². The number of imidazole rings is 1. The number of fused-ring (bicyclic) bond motifs is 1. The fraction of sp³-hybridized carbons (Fsp3) is 0.125. The second kappa shape index (κ2) is 9.25. The molecule has 3 aromatic carbocycles. The summed E-state index contributed by atoms with van der Waals surface area (Å²) in [7, 11) is 0. The molecule has 5 aromatic rings. The zero-order chi connectivity index (χ0) is 22.6. The number of nitrogens with zero attached hydrogens (tertiary/aromatic N) is 5. The largest absolute Gasteiger partial charge is 0.342 e. The van der Waals surface area contributed by atoms with Crippen LogP contribution in [-0.4, -0.2) is 36.1 Å². The summed E-state index contributed by atoms with van der Waals surface area (Å²) in [6, 6.07) is 24.8. The normalized spacial score (nSPS) is 12.0. The number of H-pyrrole nitrogens is 1. The molecule has 5 rings (SSSR count). The highest BCUT2D eigenvalue weighted by molar-refractivity contribution is 7.98. The maximum absolute atomic E-state index is 13.1. The summed E-state index contributed by atoms with van der Waals surface area (Å²) in [5, 5.41) is 15.1. The predicted molar refractivity (Wildman–Crippen MR) is 127 cm³/mol. The molecular formula is C24H21N7OS. The van der Waals surface area contributed by atoms with Gasteiger partial charge in [-0.05, 0) is 53.7 Å². The van der Waals surface area contributed by atoms with E-state index >= 15 is 0 Å². The van der Waals surface area contributed by atoms with Gasteiger partial charge in [0.05, 0.1) is 34.1 Å². The Bertz CT molecular complexity index is 1360. The first-order chi connectivity index (χ1) is 16.2. The first-order valence-corrected chi connectivity index (χ1v) is 11.5. The molecule has 33 heavy (non-hydrogen) atoms. The van der Waals surface area contributed by atoms with Crippen molar-refractivity contribution in [3.05, 3.63) is 96.1 Å². The van der Waals surface area contributed by atoms with Crippen molar-refractivity contribution in [1.82, 2.24) is 35.5 Å². The quantitative estimate of drug-likeness (QED) is 0.355. The Kier molecular flexibility index (Phi) is 5.86. The molecule has 2 aromatic heterocycles. The molecule has 1 unspecified atom stereocenters. The van der Waals surface area contributed by atoms with Crippen LogP contribution >= 0.6 is 11.8 Å². The van der Waals surface area contributed by atoms with Gasteiger partial charge in [-0.2, -0.15) is 4.68 Å². The average Bonchev–Trinajstić information content (AvgIpc) is 3.50. The molecule has 0 saturated carbocycles. The maximum atomic E-state index is 13.1. The van der Waals surface area contributed by atoms with E-state index in [2.05, 4.69) is 30.8 Å². The van der Waals surface area contributed by atoms with E-state index in [4.69, 9.17) is 0 Å². The molecular weight excluding hydrogens is 434 g/mol. The number of nitrogens with one attached hydrogen (secondary N) is 2. The summed E-state index contributed by atoms with van der Waals surface area (Å²) in [4.78, 5) is 21.8. The minimum atomic E-state index is -0.270. The van der Waals surface area contributed by atoms with Crippen molar-refractivity contribution in [1.29, 1.82) is 0 Å². The van der Waals surface area contributed by atoms with Crippen molar-refractivity contribution in [2.24, 2.45) is 0 Å². The highest BCUT2D eigenvalue weighted by Crippen LogP contribution is 2.27. The Morgan fingerprint density at radius 1 is 1.03 bits per heavy atom. The zero-order valence-corrected chi connectivity index (χ0v) is 18.7. The molecule has 0 aliphatic rings. The Labute approximate surface area is 194 Å². The van der Waals surface area contributed by atoms with Gasteiger partial charge in [-0.1, -0.05) is 42.5 Å². The van der Waals surface area contributed by atoms with Crippen molar-refractivity contribution in [3.8, 4) is 5.69 Å². The molecule has 9 heteroatoms. The van der Waals surface area contributed by atoms with Crippen LogP contribution in [-0.2, 0) is 5.75 Å². The maximum Gasteiger partial charge on any atom is 0.252 e. The third-order valence-corrected chi connectivity index (χ3v) is 6.26. The summed E-state index contributed by atoms with van der Waals surface area (Å²) in [6.07, 6.45) is 0. The van der Waals surface area contributed by atoms with Crippen LogP contribution in [0.25, 0.3) is 16.7 Å². The van der Waals surface area contributed by atoms with Gasteiger partial charge >= 0.3 is 0 Å². The minimum Gasteiger partial charge on any atom is -0.342 e. The predicted octanol–water partition coefficient (Wildman–Crippen LogP) is 4.32. The number of aromatic amines is 1. The average molecular weight is 456 g/mol. The van der Waals surface area contributed by atoms with E-state index in [1.165, 1.54) is 11.8 Å². The van der Waals surface area contributed by atoms with Gasteiger partial charge in [-0.3, -0.25) is 4.79 Å². The van der Waals surface area contributed by atoms with E-state index in [0.717, 1.165) is 27.4 Å². The molecule has 0 aliphatic heterocycles. The Morgan fingerprint density at radius 3 is 2.64 bits per heavy atom. The number of benzene rings is 3. The number of thioether (sulfide) groups is 1. The van der Waals surface area contributed by atoms with Gasteiger partial charge in [0.1, 0.15) is 5.82 Å². The number of amides is 1. The van der Waals surface area contributed by atoms with Gasteiger partial charge in [-0.25, -0.2) is 4.98 Å². The summed E-state index contributed by atoms with van der Waals surface area (Å²) < 4.78 is 1.71. The van der Waals surface area contributed by atoms with Crippen molar-refractivity contribution in [2.45, 2.75) is 23.6 Å². The second-order valence-corrected chi connectivity index (χ2v) is 8.48. The molecule has 2 heterocycles. The van der Waals surface area contributed by atoms with Crippen LogP contribution in [0.5, 0.6) is 0 Å². The molecule has 2 N–H and O–H groups in total. The highest BCUT2D eigenvalue weighted by atomic mass is 32.2. The number of carbonyl (C=O) groups is 1. The van der Waals surface area contributed by atoms with E-state index in [-0.39, 0.29) is 11.9 Å². The van der Waals surface area contributed by atoms with Crippen LogP contribution in [0.1, 0.15) is 35.0 Å². The molecule has 0 bridgehead atoms. The van der Waals surface area contributed by atoms with Gasteiger partial charge < -0.3 is 10.3 Å². The highest BCUT2D eigenvalue weighted by Gasteiger charge is 2.18. The van der Waals surface area contributed by atoms with Gasteiger partial charge in [0, 0.05) is 4.90 Å². The standard InChI is InChI=1S/C24H21N7OS/c1-16(23-26-19-12-6-7-13-20(19)27-23)25-24(32)18-11-5-8-14-21(18)33-15-22-28-29-30-31(22)17-9-3-2-4-10-17/h2-14,16H,15H2,1H3,(H,25,32)(H,26,27). The fourth-order valence-corrected chi connectivity index (χ4v) is 4.46. The van der Waals surface area contributed by atoms with Crippen molar-refractivity contribution < 1.29 is 4.79 Å². The number of hydrogen-bond acceptors (Lipinski definition) is 6. The third-order valence-electron chi connectivity index (χ3n) is 5.19. The summed E-state index contributed by atoms with van der Waals surface area (Å²) in [5.74, 6) is 1.79. The minimum absolute atomic E-state index is 0.159. The smallest absolute Gasteiger partial charge is 0.252 e. The van der Waals surface area contributed by atoms with E-state index in [1.54, 1.807) is 4.68 Å². The number of tetrazole rings is 1. The first kappa shape index (κ1) is 20.9. The molecule has 0 spiro atoms. The number of hydrogen-bond donors (Lipinski definition) is 2. The van der Waals surface area contributed by atoms with E-state index in [9.17, 15) is 4.79 Å². The lowest BCUT2D eigenvalue weighted by Gasteiger charge is -2.14. The molecule has 1 amide bonds. The molecule has 0 aliphatic carbocycles. The molecule has 0 radical (unpaired) electrons. The monoisotopic (exact) mass is 455 g/mol. The molecule has 0 saturated heterocycles. The van der Waals surface area contributed by atoms with Crippen LogP contribution in [0.3, 0.4) is 0 Å². The second-order valence-electron chi connectivity index (χ2n) is 7.46. The zero-order valence-electron chi connectivity index (χ0n) is 17.8. The lowest BCUT2D eigenvalue weighted by Crippen LogP contribution is -2.27. The number of para-hydroxylation sites is 3. The van der Waals surface area contributed by atoms with E-state index in [0.29, 0.717) is 17.1 Å². The first-order valence-electron chi connectivity index (χ1n) is 10.5. The lowest BCUT2D eigenvalue weighted by molar-refractivity contribution is 0.0935. The van der Waals surface area contributed by atoms with Crippen molar-refractivity contribution in [2.75, 3.05) is 0 Å². The molecule has 164 valence electrons. The topological polar surface area (TPSA) is 101 Å². The fourth-order valence-electron chi connectivity index (χ4n) is 3.51. The van der Waals surface area contributed by atoms with Gasteiger partial charge in [-0.15, -0.1) is 16.9 Å². The summed E-state index contributed by atoms with van der Waals surface area (Å²) in [5.41, 5.74) is 3.31. The third kappa shape index (κ3) is 4.49. The van der Waals surface area contributed by atoms with Crippen LogP contribution in [0.4, 0.5) is 0 Å².